The second kappa shape index (κ2) is 31.9. The average molecular weight is 1100 g/mol. The molecule has 5 aliphatic heterocycles. The van der Waals surface area contributed by atoms with Gasteiger partial charge in [-0.2, -0.15) is 0 Å². The highest BCUT2D eigenvalue weighted by Crippen LogP contribution is 2.39. The minimum atomic E-state index is -0.989. The minimum absolute atomic E-state index is 0.0499. The van der Waals surface area contributed by atoms with Crippen molar-refractivity contribution in [3.05, 3.63) is 71.9 Å². The van der Waals surface area contributed by atoms with Crippen molar-refractivity contribution >= 4 is 11.9 Å². The van der Waals surface area contributed by atoms with E-state index >= 15 is 0 Å². The molecule has 24 unspecified atom stereocenters. The molecule has 0 aromatic rings. The van der Waals surface area contributed by atoms with Gasteiger partial charge < -0.3 is 68.5 Å². The van der Waals surface area contributed by atoms with Gasteiger partial charge in [-0.1, -0.05) is 104 Å². The summed E-state index contributed by atoms with van der Waals surface area (Å²) in [6.07, 6.45) is 12.3. The van der Waals surface area contributed by atoms with Gasteiger partial charge in [0.25, 0.3) is 0 Å². The van der Waals surface area contributed by atoms with E-state index in [0.717, 1.165) is 24.0 Å². The van der Waals surface area contributed by atoms with Crippen molar-refractivity contribution in [1.82, 2.24) is 0 Å². The molecular formula is C62H100O16. The Morgan fingerprint density at radius 1 is 0.526 bits per heavy atom. The Labute approximate surface area is 466 Å². The van der Waals surface area contributed by atoms with Crippen molar-refractivity contribution in [1.29, 1.82) is 0 Å². The number of carbonyl (C=O) groups excluding carboxylic acids is 2. The molecule has 0 aromatic carbocycles. The Morgan fingerprint density at radius 2 is 0.897 bits per heavy atom. The van der Waals surface area contributed by atoms with E-state index in [1.165, 1.54) is 12.2 Å². The van der Waals surface area contributed by atoms with Gasteiger partial charge in [-0.05, 0) is 77.4 Å². The molecule has 444 valence electrons. The average Bonchev–Trinajstić information content (AvgIpc) is 3.41. The quantitative estimate of drug-likeness (QED) is 0.0708. The third-order valence-electron chi connectivity index (χ3n) is 17.5. The first-order valence-corrected chi connectivity index (χ1v) is 29.7. The zero-order valence-electron chi connectivity index (χ0n) is 48.9. The van der Waals surface area contributed by atoms with Crippen LogP contribution in [0.4, 0.5) is 0 Å². The SMILES string of the molecule is CCC1=C\C=C\C(CC)C(C(C)C(O)CC2CC(OC3CC(O)C(O)C(C)O3)C(CC)C(C)O2)OC(=O)/C=C/C(CC)=C/C=C/C(CC)C(C(C)C(O)CC2CC(OC3CC(O)C(O)C(C)O3)C(CC)C(C)O2)OC(=O)\C=C\1. The monoisotopic (exact) mass is 1100 g/mol. The number of aliphatic hydroxyl groups is 6. The molecule has 5 rings (SSSR count). The van der Waals surface area contributed by atoms with E-state index in [1.54, 1.807) is 26.0 Å². The number of esters is 2. The fourth-order valence-electron chi connectivity index (χ4n) is 12.3. The van der Waals surface area contributed by atoms with Crippen LogP contribution >= 0.6 is 0 Å². The predicted octanol–water partition coefficient (Wildman–Crippen LogP) is 8.44. The lowest BCUT2D eigenvalue weighted by Crippen LogP contribution is -2.51. The number of hydrogen-bond donors (Lipinski definition) is 6. The Balaban J connectivity index is 1.34. The van der Waals surface area contributed by atoms with Gasteiger partial charge in [-0.25, -0.2) is 9.59 Å². The number of aliphatic hydroxyl groups excluding tert-OH is 6. The summed E-state index contributed by atoms with van der Waals surface area (Å²) < 4.78 is 50.6. The molecule has 0 bridgehead atoms. The van der Waals surface area contributed by atoms with Gasteiger partial charge in [0.1, 0.15) is 24.4 Å². The zero-order valence-corrected chi connectivity index (χ0v) is 48.9. The molecule has 16 nitrogen and oxygen atoms in total. The molecule has 24 atom stereocenters. The summed E-state index contributed by atoms with van der Waals surface area (Å²) in [6.45, 7) is 23.4. The van der Waals surface area contributed by atoms with Crippen molar-refractivity contribution in [2.45, 2.75) is 270 Å². The number of ether oxygens (including phenoxy) is 8. The van der Waals surface area contributed by atoms with Crippen molar-refractivity contribution in [2.75, 3.05) is 0 Å². The number of allylic oxidation sites excluding steroid dienone is 8. The molecule has 6 N–H and O–H groups in total. The summed E-state index contributed by atoms with van der Waals surface area (Å²) in [5, 5.41) is 65.5. The minimum Gasteiger partial charge on any atom is -0.458 e. The van der Waals surface area contributed by atoms with Crippen LogP contribution < -0.4 is 0 Å². The smallest absolute Gasteiger partial charge is 0.331 e. The van der Waals surface area contributed by atoms with Crippen LogP contribution in [0.2, 0.25) is 0 Å². The molecule has 16 heteroatoms. The summed E-state index contributed by atoms with van der Waals surface area (Å²) in [4.78, 5) is 27.8. The first kappa shape index (κ1) is 65.7. The number of carbonyl (C=O) groups is 2. The standard InChI is InChI=1S/C62H100O16/c1-13-41-21-19-23-43(15-3)61(35(7)49(63)29-45-31-53(47(17-5)37(9)71-45)75-57-33-51(65)59(69)39(11)73-57)78-56(68)28-26-42(14-2)22-20-24-44(16-4)62(77-55(67)27-25-41)36(8)50(64)30-46-32-54(48(18-6)38(10)72-46)76-58-34-52(66)60(70)40(12)74-58/h19-28,35-40,43-54,57-66,69-70H,13-18,29-34H2,1-12H3/b23-19+,24-20+,27-25+,28-26+,41-21+,42-22+. The molecule has 0 amide bonds. The number of hydrogen-bond acceptors (Lipinski definition) is 16. The van der Waals surface area contributed by atoms with Gasteiger partial charge in [0, 0.05) is 86.2 Å². The largest absolute Gasteiger partial charge is 0.458 e. The van der Waals surface area contributed by atoms with E-state index in [4.69, 9.17) is 37.9 Å². The van der Waals surface area contributed by atoms with Gasteiger partial charge >= 0.3 is 11.9 Å². The van der Waals surface area contributed by atoms with Crippen LogP contribution in [0.1, 0.15) is 160 Å². The third kappa shape index (κ3) is 18.5. The maximum Gasteiger partial charge on any atom is 0.331 e. The van der Waals surface area contributed by atoms with E-state index in [1.807, 2.05) is 91.8 Å². The highest BCUT2D eigenvalue weighted by molar-refractivity contribution is 5.83. The molecule has 0 spiro atoms. The summed E-state index contributed by atoms with van der Waals surface area (Å²) >= 11 is 0. The topological polar surface area (TPSA) is 229 Å². The van der Waals surface area contributed by atoms with E-state index in [2.05, 4.69) is 13.8 Å². The van der Waals surface area contributed by atoms with Crippen LogP contribution in [-0.2, 0) is 47.5 Å². The molecule has 5 aliphatic rings. The summed E-state index contributed by atoms with van der Waals surface area (Å²) in [5.41, 5.74) is 1.69. The Kier molecular flexibility index (Phi) is 26.9. The number of cyclic esters (lactones) is 2. The summed E-state index contributed by atoms with van der Waals surface area (Å²) in [5.74, 6) is -2.60. The van der Waals surface area contributed by atoms with Gasteiger partial charge in [0.15, 0.2) is 12.6 Å². The van der Waals surface area contributed by atoms with Gasteiger partial charge in [0.05, 0.1) is 73.2 Å². The Morgan fingerprint density at radius 3 is 1.22 bits per heavy atom. The zero-order chi connectivity index (χ0) is 57.4. The molecular weight excluding hydrogens is 1000 g/mol. The molecule has 0 saturated carbocycles. The molecule has 4 fully saturated rings. The first-order valence-electron chi connectivity index (χ1n) is 29.7. The molecule has 0 radical (unpaired) electrons. The third-order valence-corrected chi connectivity index (χ3v) is 17.5. The second-order valence-electron chi connectivity index (χ2n) is 22.9. The van der Waals surface area contributed by atoms with Crippen molar-refractivity contribution in [3.63, 3.8) is 0 Å². The number of rotatable bonds is 18. The maximum absolute atomic E-state index is 13.9. The highest BCUT2D eigenvalue weighted by atomic mass is 16.7. The van der Waals surface area contributed by atoms with Crippen LogP contribution in [-0.4, -0.2) is 153 Å². The predicted molar refractivity (Wildman–Crippen MR) is 297 cm³/mol. The molecule has 0 aliphatic carbocycles. The van der Waals surface area contributed by atoms with Crippen LogP contribution in [0.15, 0.2) is 71.9 Å². The van der Waals surface area contributed by atoms with Gasteiger partial charge in [-0.3, -0.25) is 0 Å². The maximum atomic E-state index is 13.9. The molecule has 0 aromatic heterocycles. The summed E-state index contributed by atoms with van der Waals surface area (Å²) in [6, 6.07) is 0. The highest BCUT2D eigenvalue weighted by Gasteiger charge is 2.45. The van der Waals surface area contributed by atoms with Crippen molar-refractivity contribution in [2.24, 2.45) is 35.5 Å². The second-order valence-corrected chi connectivity index (χ2v) is 22.9. The van der Waals surface area contributed by atoms with Crippen molar-refractivity contribution in [3.8, 4) is 0 Å². The molecule has 78 heavy (non-hydrogen) atoms. The van der Waals surface area contributed by atoms with Crippen LogP contribution in [0.3, 0.4) is 0 Å². The van der Waals surface area contributed by atoms with E-state index in [0.29, 0.717) is 38.5 Å². The first-order chi connectivity index (χ1) is 37.1. The van der Waals surface area contributed by atoms with Crippen molar-refractivity contribution < 1.29 is 78.1 Å². The van der Waals surface area contributed by atoms with E-state index in [9.17, 15) is 40.2 Å². The fraction of sp³-hybridized carbons (Fsp3) is 0.774. The normalized spacial score (nSPS) is 42.5. The lowest BCUT2D eigenvalue weighted by atomic mass is 9.81. The van der Waals surface area contributed by atoms with Crippen LogP contribution in [0.25, 0.3) is 0 Å². The molecule has 5 heterocycles. The lowest BCUT2D eigenvalue weighted by Gasteiger charge is -2.44. The van der Waals surface area contributed by atoms with Gasteiger partial charge in [0.2, 0.25) is 0 Å². The van der Waals surface area contributed by atoms with E-state index in [-0.39, 0.29) is 86.0 Å². The van der Waals surface area contributed by atoms with Crippen LogP contribution in [0, 0.1) is 35.5 Å². The summed E-state index contributed by atoms with van der Waals surface area (Å²) in [7, 11) is 0. The fourth-order valence-corrected chi connectivity index (χ4v) is 12.3. The van der Waals surface area contributed by atoms with E-state index < -0.39 is 97.4 Å². The lowest BCUT2D eigenvalue weighted by molar-refractivity contribution is -0.281. The Bertz CT molecular complexity index is 1850. The molecule has 4 saturated heterocycles. The Hall–Kier alpha value is -3.10. The van der Waals surface area contributed by atoms with Gasteiger partial charge in [-0.15, -0.1) is 0 Å². The van der Waals surface area contributed by atoms with Crippen LogP contribution in [0.5, 0.6) is 0 Å².